The Kier molecular flexibility index (Phi) is 5.12. The van der Waals surface area contributed by atoms with E-state index < -0.39 is 0 Å². The van der Waals surface area contributed by atoms with Crippen LogP contribution in [0, 0.1) is 5.92 Å². The summed E-state index contributed by atoms with van der Waals surface area (Å²) in [6.45, 7) is 6.63. The van der Waals surface area contributed by atoms with Gasteiger partial charge in [-0.3, -0.25) is 0 Å². The fourth-order valence-electron chi connectivity index (χ4n) is 2.37. The van der Waals surface area contributed by atoms with Gasteiger partial charge in [-0.1, -0.05) is 17.7 Å². The van der Waals surface area contributed by atoms with Gasteiger partial charge >= 0.3 is 0 Å². The second-order valence-electron chi connectivity index (χ2n) is 5.22. The third-order valence-electron chi connectivity index (χ3n) is 3.71. The maximum absolute atomic E-state index is 5.97. The number of pyridine rings is 1. The second kappa shape index (κ2) is 6.84. The molecule has 4 nitrogen and oxygen atoms in total. The monoisotopic (exact) mass is 295 g/mol. The van der Waals surface area contributed by atoms with Crippen LogP contribution in [0.25, 0.3) is 0 Å². The van der Waals surface area contributed by atoms with Gasteiger partial charge in [0.15, 0.2) is 5.88 Å². The highest BCUT2D eigenvalue weighted by Crippen LogP contribution is 2.23. The van der Waals surface area contributed by atoms with Crippen molar-refractivity contribution in [2.75, 3.05) is 24.6 Å². The van der Waals surface area contributed by atoms with Crippen LogP contribution in [0.3, 0.4) is 0 Å². The number of aromatic nitrogens is 1. The minimum absolute atomic E-state index is 0.451. The Morgan fingerprint density at radius 3 is 3.00 bits per heavy atom. The molecular formula is C15H22ClN3O. The zero-order valence-electron chi connectivity index (χ0n) is 12.1. The predicted molar refractivity (Wildman–Crippen MR) is 82.7 cm³/mol. The highest BCUT2D eigenvalue weighted by atomic mass is 35.5. The summed E-state index contributed by atoms with van der Waals surface area (Å²) in [7, 11) is 0. The van der Waals surface area contributed by atoms with Crippen molar-refractivity contribution in [1.29, 1.82) is 0 Å². The van der Waals surface area contributed by atoms with Crippen molar-refractivity contribution in [2.24, 2.45) is 11.7 Å². The smallest absolute Gasteiger partial charge is 0.182 e. The Hall–Kier alpha value is -1.42. The number of hydrogen-bond donors (Lipinski definition) is 1. The van der Waals surface area contributed by atoms with Crippen molar-refractivity contribution in [2.45, 2.75) is 26.7 Å². The summed E-state index contributed by atoms with van der Waals surface area (Å²) in [4.78, 5) is 6.61. The van der Waals surface area contributed by atoms with E-state index in [1.807, 2.05) is 19.1 Å². The van der Waals surface area contributed by atoms with Gasteiger partial charge in [0.25, 0.3) is 0 Å². The molecule has 5 heteroatoms. The molecule has 0 saturated heterocycles. The first-order valence-electron chi connectivity index (χ1n) is 7.05. The number of nitrogens with zero attached hydrogens (tertiary/aromatic N) is 2. The van der Waals surface area contributed by atoms with E-state index in [9.17, 15) is 0 Å². The standard InChI is InChI=1S/C15H22ClN3O/c1-3-19(14-6-4-5-13(16)18-14)9-12-8-7-11(2)15(17)20-10-12/h4-6,12H,3,7-10,17H2,1-2H3/t12-/m0/s1. The van der Waals surface area contributed by atoms with Crippen LogP contribution in [0.1, 0.15) is 26.7 Å². The van der Waals surface area contributed by atoms with Crippen LogP contribution in [0.4, 0.5) is 5.82 Å². The van der Waals surface area contributed by atoms with Crippen LogP contribution in [0.15, 0.2) is 29.7 Å². The van der Waals surface area contributed by atoms with Gasteiger partial charge in [-0.25, -0.2) is 4.98 Å². The minimum atomic E-state index is 0.451. The van der Waals surface area contributed by atoms with Crippen LogP contribution in [0.5, 0.6) is 0 Å². The Morgan fingerprint density at radius 1 is 1.50 bits per heavy atom. The molecule has 2 N–H and O–H groups in total. The number of rotatable bonds is 4. The molecule has 1 aromatic rings. The number of ether oxygens (including phenoxy) is 1. The Labute approximate surface area is 125 Å². The third-order valence-corrected chi connectivity index (χ3v) is 3.92. The SMILES string of the molecule is CCN(C[C@@H]1CCC(C)=C(N)OC1)c1cccc(Cl)n1. The first-order chi connectivity index (χ1) is 9.60. The molecule has 0 aromatic carbocycles. The zero-order valence-corrected chi connectivity index (χ0v) is 12.9. The summed E-state index contributed by atoms with van der Waals surface area (Å²) >= 11 is 5.97. The van der Waals surface area contributed by atoms with Crippen molar-refractivity contribution in [3.8, 4) is 0 Å². The summed E-state index contributed by atoms with van der Waals surface area (Å²) in [5.74, 6) is 1.96. The van der Waals surface area contributed by atoms with Crippen LogP contribution in [-0.2, 0) is 4.74 Å². The van der Waals surface area contributed by atoms with Gasteiger partial charge in [0, 0.05) is 19.0 Å². The van der Waals surface area contributed by atoms with Crippen LogP contribution < -0.4 is 10.6 Å². The fraction of sp³-hybridized carbons (Fsp3) is 0.533. The first-order valence-corrected chi connectivity index (χ1v) is 7.43. The lowest BCUT2D eigenvalue weighted by molar-refractivity contribution is 0.168. The Balaban J connectivity index is 2.01. The average molecular weight is 296 g/mol. The van der Waals surface area contributed by atoms with Gasteiger partial charge in [0.1, 0.15) is 11.0 Å². The molecule has 0 saturated carbocycles. The van der Waals surface area contributed by atoms with E-state index in [-0.39, 0.29) is 0 Å². The van der Waals surface area contributed by atoms with Crippen LogP contribution in [0.2, 0.25) is 5.15 Å². The van der Waals surface area contributed by atoms with Crippen molar-refractivity contribution in [3.63, 3.8) is 0 Å². The lowest BCUT2D eigenvalue weighted by Gasteiger charge is -2.26. The zero-order chi connectivity index (χ0) is 14.5. The molecule has 1 atom stereocenters. The van der Waals surface area contributed by atoms with E-state index in [1.54, 1.807) is 6.07 Å². The second-order valence-corrected chi connectivity index (χ2v) is 5.60. The molecule has 0 amide bonds. The van der Waals surface area contributed by atoms with E-state index in [4.69, 9.17) is 22.1 Å². The molecule has 0 aliphatic carbocycles. The van der Waals surface area contributed by atoms with Gasteiger partial charge in [-0.15, -0.1) is 0 Å². The molecule has 0 bridgehead atoms. The van der Waals surface area contributed by atoms with Crippen molar-refractivity contribution in [3.05, 3.63) is 34.8 Å². The van der Waals surface area contributed by atoms with Crippen molar-refractivity contribution >= 4 is 17.4 Å². The van der Waals surface area contributed by atoms with Gasteiger partial charge in [-0.05, 0) is 44.4 Å². The normalized spacial score (nSPS) is 19.4. The summed E-state index contributed by atoms with van der Waals surface area (Å²) < 4.78 is 5.62. The van der Waals surface area contributed by atoms with Crippen molar-refractivity contribution < 1.29 is 4.74 Å². The van der Waals surface area contributed by atoms with Crippen LogP contribution in [-0.4, -0.2) is 24.7 Å². The first kappa shape index (κ1) is 15.0. The van der Waals surface area contributed by atoms with Crippen LogP contribution >= 0.6 is 11.6 Å². The van der Waals surface area contributed by atoms with E-state index >= 15 is 0 Å². The van der Waals surface area contributed by atoms with Gasteiger partial charge in [0.05, 0.1) is 6.61 Å². The fourth-order valence-corrected chi connectivity index (χ4v) is 2.53. The Morgan fingerprint density at radius 2 is 2.30 bits per heavy atom. The molecular weight excluding hydrogens is 274 g/mol. The molecule has 1 aliphatic rings. The quantitative estimate of drug-likeness (QED) is 0.867. The summed E-state index contributed by atoms with van der Waals surface area (Å²) in [5.41, 5.74) is 7.00. The van der Waals surface area contributed by atoms with E-state index in [1.165, 1.54) is 0 Å². The number of hydrogen-bond acceptors (Lipinski definition) is 4. The van der Waals surface area contributed by atoms with E-state index in [0.717, 1.165) is 37.3 Å². The molecule has 20 heavy (non-hydrogen) atoms. The molecule has 0 unspecified atom stereocenters. The number of anilines is 1. The van der Waals surface area contributed by atoms with Gasteiger partial charge < -0.3 is 15.4 Å². The summed E-state index contributed by atoms with van der Waals surface area (Å²) in [6.07, 6.45) is 2.08. The molecule has 2 heterocycles. The molecule has 0 radical (unpaired) electrons. The number of halogens is 1. The number of nitrogens with two attached hydrogens (primary N) is 1. The van der Waals surface area contributed by atoms with E-state index in [2.05, 4.69) is 16.8 Å². The lowest BCUT2D eigenvalue weighted by atomic mass is 10.0. The third kappa shape index (κ3) is 3.79. The Bertz CT molecular complexity index is 474. The highest BCUT2D eigenvalue weighted by molar-refractivity contribution is 6.29. The topological polar surface area (TPSA) is 51.4 Å². The molecule has 0 spiro atoms. The highest BCUT2D eigenvalue weighted by Gasteiger charge is 2.19. The summed E-state index contributed by atoms with van der Waals surface area (Å²) in [5, 5.41) is 0.528. The molecule has 2 rings (SSSR count). The van der Waals surface area contributed by atoms with Gasteiger partial charge in [-0.2, -0.15) is 0 Å². The molecule has 1 aliphatic heterocycles. The molecule has 0 fully saturated rings. The van der Waals surface area contributed by atoms with Crippen molar-refractivity contribution in [1.82, 2.24) is 4.98 Å². The largest absolute Gasteiger partial charge is 0.479 e. The van der Waals surface area contributed by atoms with E-state index in [0.29, 0.717) is 23.6 Å². The summed E-state index contributed by atoms with van der Waals surface area (Å²) in [6, 6.07) is 5.72. The minimum Gasteiger partial charge on any atom is -0.479 e. The maximum Gasteiger partial charge on any atom is 0.182 e. The predicted octanol–water partition coefficient (Wildman–Crippen LogP) is 3.18. The van der Waals surface area contributed by atoms with Gasteiger partial charge in [0.2, 0.25) is 0 Å². The number of allylic oxidation sites excluding steroid dienone is 1. The maximum atomic E-state index is 5.97. The molecule has 110 valence electrons. The molecule has 1 aromatic heterocycles. The average Bonchev–Trinajstić information content (AvgIpc) is 2.60. The lowest BCUT2D eigenvalue weighted by Crippen LogP contribution is -2.32.